The summed E-state index contributed by atoms with van der Waals surface area (Å²) in [7, 11) is 0. The highest BCUT2D eigenvalue weighted by atomic mass is 32.1. The van der Waals surface area contributed by atoms with E-state index in [0.717, 1.165) is 28.1 Å². The molecular formula is C15H17N3OS. The minimum Gasteiger partial charge on any atom is -0.389 e. The summed E-state index contributed by atoms with van der Waals surface area (Å²) in [6, 6.07) is 7.68. The Morgan fingerprint density at radius 3 is 2.55 bits per heavy atom. The lowest BCUT2D eigenvalue weighted by atomic mass is 10.0. The number of hydrogen-bond donors (Lipinski definition) is 1. The normalized spacial score (nSPS) is 10.6. The summed E-state index contributed by atoms with van der Waals surface area (Å²) < 4.78 is 1.66. The molecule has 2 rings (SSSR count). The Morgan fingerprint density at radius 2 is 2.00 bits per heavy atom. The zero-order valence-electron chi connectivity index (χ0n) is 11.8. The smallest absolute Gasteiger partial charge is 0.348 e. The van der Waals surface area contributed by atoms with Crippen molar-refractivity contribution in [1.82, 2.24) is 9.55 Å². The van der Waals surface area contributed by atoms with Gasteiger partial charge in [0.1, 0.15) is 4.99 Å². The molecule has 0 amide bonds. The third-order valence-corrected chi connectivity index (χ3v) is 3.54. The molecule has 0 aliphatic carbocycles. The van der Waals surface area contributed by atoms with Gasteiger partial charge in [-0.2, -0.15) is 4.98 Å². The van der Waals surface area contributed by atoms with Crippen LogP contribution in [0.5, 0.6) is 0 Å². The van der Waals surface area contributed by atoms with Crippen molar-refractivity contribution in [3.8, 4) is 0 Å². The molecule has 4 nitrogen and oxygen atoms in total. The quantitative estimate of drug-likeness (QED) is 0.875. The topological polar surface area (TPSA) is 60.9 Å². The first-order valence-electron chi connectivity index (χ1n) is 6.33. The van der Waals surface area contributed by atoms with Gasteiger partial charge >= 0.3 is 5.69 Å². The summed E-state index contributed by atoms with van der Waals surface area (Å²) in [4.78, 5) is 16.3. The molecule has 20 heavy (non-hydrogen) atoms. The summed E-state index contributed by atoms with van der Waals surface area (Å²) in [5.41, 5.74) is 9.99. The average Bonchev–Trinajstić information content (AvgIpc) is 2.34. The zero-order valence-corrected chi connectivity index (χ0v) is 12.6. The fraction of sp³-hybridized carbons (Fsp3) is 0.267. The second-order valence-corrected chi connectivity index (χ2v) is 5.35. The van der Waals surface area contributed by atoms with E-state index >= 15 is 0 Å². The Kier molecular flexibility index (Phi) is 3.99. The highest BCUT2D eigenvalue weighted by Gasteiger charge is 2.07. The highest BCUT2D eigenvalue weighted by molar-refractivity contribution is 7.80. The molecule has 0 spiro atoms. The van der Waals surface area contributed by atoms with Crippen LogP contribution in [-0.2, 0) is 6.54 Å². The molecule has 0 bridgehead atoms. The fourth-order valence-electron chi connectivity index (χ4n) is 2.16. The first-order valence-corrected chi connectivity index (χ1v) is 6.73. The molecule has 104 valence electrons. The molecule has 0 saturated carbocycles. The SMILES string of the molecule is Cc1cc(C)n(Cc2ccc(C(N)=S)cc2C)c(=O)n1. The predicted octanol–water partition coefficient (Wildman–Crippen LogP) is 1.85. The number of aryl methyl sites for hydroxylation is 3. The Hall–Kier alpha value is -2.01. The number of nitrogens with zero attached hydrogens (tertiary/aromatic N) is 2. The maximum atomic E-state index is 12.0. The van der Waals surface area contributed by atoms with Crippen molar-refractivity contribution in [2.75, 3.05) is 0 Å². The van der Waals surface area contributed by atoms with E-state index in [1.165, 1.54) is 0 Å². The largest absolute Gasteiger partial charge is 0.389 e. The maximum absolute atomic E-state index is 12.0. The van der Waals surface area contributed by atoms with Gasteiger partial charge in [0.15, 0.2) is 0 Å². The van der Waals surface area contributed by atoms with Crippen molar-refractivity contribution in [3.63, 3.8) is 0 Å². The van der Waals surface area contributed by atoms with Crippen molar-refractivity contribution < 1.29 is 0 Å². The number of benzene rings is 1. The maximum Gasteiger partial charge on any atom is 0.348 e. The molecular weight excluding hydrogens is 270 g/mol. The molecule has 0 aliphatic rings. The lowest BCUT2D eigenvalue weighted by molar-refractivity contribution is 0.691. The van der Waals surface area contributed by atoms with Crippen LogP contribution in [0.4, 0.5) is 0 Å². The molecule has 0 saturated heterocycles. The second-order valence-electron chi connectivity index (χ2n) is 4.91. The fourth-order valence-corrected chi connectivity index (χ4v) is 2.29. The standard InChI is InChI=1S/C15H17N3OS/c1-9-6-12(14(16)20)4-5-13(9)8-18-11(3)7-10(2)17-15(18)19/h4-7H,8H2,1-3H3,(H2,16,20). The number of hydrogen-bond acceptors (Lipinski definition) is 3. The summed E-state index contributed by atoms with van der Waals surface area (Å²) in [6.07, 6.45) is 0. The van der Waals surface area contributed by atoms with E-state index in [2.05, 4.69) is 4.98 Å². The molecule has 0 aliphatic heterocycles. The van der Waals surface area contributed by atoms with Crippen molar-refractivity contribution in [2.45, 2.75) is 27.3 Å². The van der Waals surface area contributed by atoms with Gasteiger partial charge < -0.3 is 5.73 Å². The third kappa shape index (κ3) is 2.93. The zero-order chi connectivity index (χ0) is 14.9. The summed E-state index contributed by atoms with van der Waals surface area (Å²) in [5, 5.41) is 0. The van der Waals surface area contributed by atoms with Crippen LogP contribution >= 0.6 is 12.2 Å². The van der Waals surface area contributed by atoms with Crippen LogP contribution in [0.3, 0.4) is 0 Å². The van der Waals surface area contributed by atoms with Gasteiger partial charge in [-0.15, -0.1) is 0 Å². The molecule has 0 unspecified atom stereocenters. The monoisotopic (exact) mass is 287 g/mol. The number of aromatic nitrogens is 2. The first-order chi connectivity index (χ1) is 9.38. The Balaban J connectivity index is 2.41. The van der Waals surface area contributed by atoms with Crippen molar-refractivity contribution >= 4 is 17.2 Å². The van der Waals surface area contributed by atoms with E-state index in [0.29, 0.717) is 11.5 Å². The third-order valence-electron chi connectivity index (χ3n) is 3.30. The summed E-state index contributed by atoms with van der Waals surface area (Å²) in [6.45, 7) is 6.22. The first kappa shape index (κ1) is 14.4. The Labute approximate surface area is 123 Å². The van der Waals surface area contributed by atoms with E-state index in [1.807, 2.05) is 45.0 Å². The number of thiocarbonyl (C=S) groups is 1. The lowest BCUT2D eigenvalue weighted by Gasteiger charge is -2.12. The highest BCUT2D eigenvalue weighted by Crippen LogP contribution is 2.13. The molecule has 5 heteroatoms. The molecule has 0 radical (unpaired) electrons. The van der Waals surface area contributed by atoms with Gasteiger partial charge in [-0.3, -0.25) is 4.57 Å². The van der Waals surface area contributed by atoms with Crippen LogP contribution in [0, 0.1) is 20.8 Å². The van der Waals surface area contributed by atoms with Gasteiger partial charge in [-0.1, -0.05) is 24.4 Å². The van der Waals surface area contributed by atoms with Gasteiger partial charge in [0.05, 0.1) is 6.54 Å². The van der Waals surface area contributed by atoms with Crippen molar-refractivity contribution in [1.29, 1.82) is 0 Å². The molecule has 0 fully saturated rings. The van der Waals surface area contributed by atoms with E-state index in [-0.39, 0.29) is 5.69 Å². The predicted molar refractivity (Wildman–Crippen MR) is 84.1 cm³/mol. The van der Waals surface area contributed by atoms with Gasteiger partial charge in [0.25, 0.3) is 0 Å². The molecule has 2 N–H and O–H groups in total. The Morgan fingerprint density at radius 1 is 1.30 bits per heavy atom. The lowest BCUT2D eigenvalue weighted by Crippen LogP contribution is -2.26. The van der Waals surface area contributed by atoms with Crippen LogP contribution in [0.25, 0.3) is 0 Å². The molecule has 2 aromatic rings. The summed E-state index contributed by atoms with van der Waals surface area (Å²) >= 11 is 4.96. The van der Waals surface area contributed by atoms with Gasteiger partial charge in [-0.25, -0.2) is 4.79 Å². The second kappa shape index (κ2) is 5.54. The van der Waals surface area contributed by atoms with Gasteiger partial charge in [0, 0.05) is 17.0 Å². The van der Waals surface area contributed by atoms with Crippen LogP contribution in [-0.4, -0.2) is 14.5 Å². The number of rotatable bonds is 3. The van der Waals surface area contributed by atoms with Crippen molar-refractivity contribution in [2.24, 2.45) is 5.73 Å². The Bertz CT molecular complexity index is 734. The summed E-state index contributed by atoms with van der Waals surface area (Å²) in [5.74, 6) is 0. The molecule has 1 aromatic carbocycles. The average molecular weight is 287 g/mol. The van der Waals surface area contributed by atoms with E-state index < -0.39 is 0 Å². The number of nitrogens with two attached hydrogens (primary N) is 1. The van der Waals surface area contributed by atoms with Crippen LogP contribution < -0.4 is 11.4 Å². The molecule has 0 atom stereocenters. The minimum absolute atomic E-state index is 0.222. The van der Waals surface area contributed by atoms with Crippen molar-refractivity contribution in [3.05, 3.63) is 62.8 Å². The van der Waals surface area contributed by atoms with E-state index in [9.17, 15) is 4.79 Å². The minimum atomic E-state index is -0.222. The van der Waals surface area contributed by atoms with Gasteiger partial charge in [0.2, 0.25) is 0 Å². The van der Waals surface area contributed by atoms with Gasteiger partial charge in [-0.05, 0) is 44.0 Å². The van der Waals surface area contributed by atoms with Crippen LogP contribution in [0.1, 0.15) is 28.1 Å². The van der Waals surface area contributed by atoms with E-state index in [1.54, 1.807) is 4.57 Å². The van der Waals surface area contributed by atoms with Crippen LogP contribution in [0.2, 0.25) is 0 Å². The molecule has 1 heterocycles. The van der Waals surface area contributed by atoms with E-state index in [4.69, 9.17) is 18.0 Å². The van der Waals surface area contributed by atoms with Crippen LogP contribution in [0.15, 0.2) is 29.1 Å². The molecule has 1 aromatic heterocycles.